The second-order valence-electron chi connectivity index (χ2n) is 8.33. The van der Waals surface area contributed by atoms with Gasteiger partial charge in [0.1, 0.15) is 5.75 Å². The van der Waals surface area contributed by atoms with Crippen LogP contribution < -0.4 is 14.2 Å². The van der Waals surface area contributed by atoms with Crippen molar-refractivity contribution in [3.63, 3.8) is 0 Å². The first-order chi connectivity index (χ1) is 15.7. The van der Waals surface area contributed by atoms with Crippen LogP contribution in [0.2, 0.25) is 0 Å². The highest BCUT2D eigenvalue weighted by Crippen LogP contribution is 2.28. The molecule has 0 atom stereocenters. The van der Waals surface area contributed by atoms with Crippen LogP contribution in [0.1, 0.15) is 24.8 Å². The van der Waals surface area contributed by atoms with Crippen molar-refractivity contribution < 1.29 is 14.2 Å². The second-order valence-corrected chi connectivity index (χ2v) is 8.33. The number of ether oxygens (including phenoxy) is 3. The summed E-state index contributed by atoms with van der Waals surface area (Å²) in [7, 11) is 3.36. The lowest BCUT2D eigenvalue weighted by Gasteiger charge is -2.32. The molecule has 1 saturated heterocycles. The van der Waals surface area contributed by atoms with Crippen molar-refractivity contribution in [3.8, 4) is 22.9 Å². The van der Waals surface area contributed by atoms with Crippen LogP contribution >= 0.6 is 0 Å². The number of rotatable bonds is 10. The number of methoxy groups -OCH3 is 2. The monoisotopic (exact) mass is 435 g/mol. The van der Waals surface area contributed by atoms with Gasteiger partial charge in [0, 0.05) is 24.6 Å². The van der Waals surface area contributed by atoms with Crippen LogP contribution in [0.5, 0.6) is 17.2 Å². The van der Waals surface area contributed by atoms with Crippen LogP contribution in [-0.2, 0) is 6.42 Å². The summed E-state index contributed by atoms with van der Waals surface area (Å²) in [4.78, 5) is 6.66. The molecule has 0 saturated carbocycles. The van der Waals surface area contributed by atoms with Gasteiger partial charge in [0.05, 0.1) is 27.2 Å². The summed E-state index contributed by atoms with van der Waals surface area (Å²) in [5.74, 6) is 3.27. The molecule has 2 aromatic carbocycles. The van der Waals surface area contributed by atoms with Gasteiger partial charge in [-0.1, -0.05) is 6.07 Å². The maximum Gasteiger partial charge on any atom is 0.160 e. The Morgan fingerprint density at radius 1 is 0.969 bits per heavy atom. The smallest absolute Gasteiger partial charge is 0.160 e. The Balaban J connectivity index is 1.15. The molecule has 0 amide bonds. The topological polar surface area (TPSA) is 48.8 Å². The van der Waals surface area contributed by atoms with E-state index in [0.717, 1.165) is 67.9 Å². The highest BCUT2D eigenvalue weighted by atomic mass is 16.5. The van der Waals surface area contributed by atoms with E-state index in [2.05, 4.69) is 34.1 Å². The van der Waals surface area contributed by atoms with Crippen LogP contribution in [0.3, 0.4) is 0 Å². The third kappa shape index (κ3) is 5.82. The SMILES string of the molecule is COc1ccc(CCN2CCC(CCOc3ccc(-n4ccnc4)cc3)CC2)cc1OC. The first-order valence-electron chi connectivity index (χ1n) is 11.4. The molecule has 1 aromatic heterocycles. The van der Waals surface area contributed by atoms with Crippen molar-refractivity contribution in [3.05, 3.63) is 66.7 Å². The first-order valence-corrected chi connectivity index (χ1v) is 11.4. The van der Waals surface area contributed by atoms with E-state index in [0.29, 0.717) is 0 Å². The molecule has 3 aromatic rings. The van der Waals surface area contributed by atoms with Crippen molar-refractivity contribution in [1.29, 1.82) is 0 Å². The molecule has 0 bridgehead atoms. The van der Waals surface area contributed by atoms with E-state index in [1.807, 2.05) is 29.0 Å². The summed E-state index contributed by atoms with van der Waals surface area (Å²) in [5.41, 5.74) is 2.38. The fourth-order valence-electron chi connectivity index (χ4n) is 4.29. The maximum atomic E-state index is 5.99. The minimum Gasteiger partial charge on any atom is -0.494 e. The van der Waals surface area contributed by atoms with Gasteiger partial charge in [-0.2, -0.15) is 0 Å². The molecule has 170 valence electrons. The zero-order valence-electron chi connectivity index (χ0n) is 19.1. The van der Waals surface area contributed by atoms with Gasteiger partial charge in [-0.3, -0.25) is 0 Å². The van der Waals surface area contributed by atoms with Crippen molar-refractivity contribution in [1.82, 2.24) is 14.5 Å². The predicted molar refractivity (Wildman–Crippen MR) is 126 cm³/mol. The number of hydrogen-bond donors (Lipinski definition) is 0. The Morgan fingerprint density at radius 3 is 2.44 bits per heavy atom. The quantitative estimate of drug-likeness (QED) is 0.465. The average molecular weight is 436 g/mol. The number of aromatic nitrogens is 2. The normalized spacial score (nSPS) is 14.9. The summed E-state index contributed by atoms with van der Waals surface area (Å²) in [6.07, 6.45) is 10.2. The number of benzene rings is 2. The summed E-state index contributed by atoms with van der Waals surface area (Å²) in [6.45, 7) is 4.19. The van der Waals surface area contributed by atoms with E-state index in [4.69, 9.17) is 14.2 Å². The maximum absolute atomic E-state index is 5.99. The van der Waals surface area contributed by atoms with Gasteiger partial charge in [-0.05, 0) is 86.7 Å². The molecule has 6 nitrogen and oxygen atoms in total. The Kier molecular flexibility index (Phi) is 7.67. The zero-order valence-corrected chi connectivity index (χ0v) is 19.1. The first kappa shape index (κ1) is 22.2. The van der Waals surface area contributed by atoms with Gasteiger partial charge in [-0.25, -0.2) is 4.98 Å². The Morgan fingerprint density at radius 2 is 1.75 bits per heavy atom. The molecule has 32 heavy (non-hydrogen) atoms. The Labute approximate surface area is 190 Å². The molecule has 0 aliphatic carbocycles. The zero-order chi connectivity index (χ0) is 22.2. The predicted octanol–water partition coefficient (Wildman–Crippen LogP) is 4.61. The lowest BCUT2D eigenvalue weighted by molar-refractivity contribution is 0.164. The molecule has 1 aliphatic rings. The lowest BCUT2D eigenvalue weighted by atomic mass is 9.93. The standard InChI is InChI=1S/C26H33N3O3/c1-30-25-8-3-22(19-26(25)31-2)11-16-28-14-9-21(10-15-28)12-18-32-24-6-4-23(5-7-24)29-17-13-27-20-29/h3-8,13,17,19-21H,9-12,14-16,18H2,1-2H3. The Hall–Kier alpha value is -2.99. The molecule has 1 fully saturated rings. The van der Waals surface area contributed by atoms with Crippen LogP contribution in [0.15, 0.2) is 61.2 Å². The van der Waals surface area contributed by atoms with E-state index >= 15 is 0 Å². The minimum absolute atomic E-state index is 0.748. The molecular formula is C26H33N3O3. The molecule has 0 radical (unpaired) electrons. The Bertz CT molecular complexity index is 949. The van der Waals surface area contributed by atoms with Crippen LogP contribution in [0.4, 0.5) is 0 Å². The van der Waals surface area contributed by atoms with E-state index in [1.165, 1.54) is 18.4 Å². The third-order valence-corrected chi connectivity index (χ3v) is 6.31. The third-order valence-electron chi connectivity index (χ3n) is 6.31. The molecular weight excluding hydrogens is 402 g/mol. The summed E-state index contributed by atoms with van der Waals surface area (Å²) >= 11 is 0. The largest absolute Gasteiger partial charge is 0.494 e. The second kappa shape index (κ2) is 11.0. The van der Waals surface area contributed by atoms with Crippen molar-refractivity contribution >= 4 is 0 Å². The van der Waals surface area contributed by atoms with Gasteiger partial charge in [-0.15, -0.1) is 0 Å². The number of likely N-dealkylation sites (tertiary alicyclic amines) is 1. The van der Waals surface area contributed by atoms with E-state index in [-0.39, 0.29) is 0 Å². The number of nitrogens with zero attached hydrogens (tertiary/aromatic N) is 3. The van der Waals surface area contributed by atoms with Gasteiger partial charge in [0.25, 0.3) is 0 Å². The van der Waals surface area contributed by atoms with Crippen LogP contribution in [0.25, 0.3) is 5.69 Å². The van der Waals surface area contributed by atoms with Gasteiger partial charge in [0.15, 0.2) is 11.5 Å². The summed E-state index contributed by atoms with van der Waals surface area (Å²) in [5, 5.41) is 0. The number of hydrogen-bond acceptors (Lipinski definition) is 5. The highest BCUT2D eigenvalue weighted by Gasteiger charge is 2.19. The summed E-state index contributed by atoms with van der Waals surface area (Å²) in [6, 6.07) is 14.4. The number of imidazole rings is 1. The highest BCUT2D eigenvalue weighted by molar-refractivity contribution is 5.43. The van der Waals surface area contributed by atoms with Crippen molar-refractivity contribution in [2.75, 3.05) is 40.5 Å². The van der Waals surface area contributed by atoms with E-state index in [9.17, 15) is 0 Å². The molecule has 1 aliphatic heterocycles. The minimum atomic E-state index is 0.748. The van der Waals surface area contributed by atoms with Crippen molar-refractivity contribution in [2.24, 2.45) is 5.92 Å². The van der Waals surface area contributed by atoms with E-state index < -0.39 is 0 Å². The van der Waals surface area contributed by atoms with Gasteiger partial charge in [0.2, 0.25) is 0 Å². The fraction of sp³-hybridized carbons (Fsp3) is 0.423. The van der Waals surface area contributed by atoms with Crippen molar-refractivity contribution in [2.45, 2.75) is 25.7 Å². The van der Waals surface area contributed by atoms with Gasteiger partial charge < -0.3 is 23.7 Å². The van der Waals surface area contributed by atoms with Gasteiger partial charge >= 0.3 is 0 Å². The van der Waals surface area contributed by atoms with Crippen LogP contribution in [0, 0.1) is 5.92 Å². The molecule has 2 heterocycles. The van der Waals surface area contributed by atoms with Crippen LogP contribution in [-0.4, -0.2) is 54.9 Å². The molecule has 6 heteroatoms. The molecule has 0 N–H and O–H groups in total. The van der Waals surface area contributed by atoms with E-state index in [1.54, 1.807) is 26.7 Å². The fourth-order valence-corrected chi connectivity index (χ4v) is 4.29. The lowest BCUT2D eigenvalue weighted by Crippen LogP contribution is -2.35. The average Bonchev–Trinajstić information content (AvgIpc) is 3.39. The molecule has 0 spiro atoms. The molecule has 4 rings (SSSR count). The summed E-state index contributed by atoms with van der Waals surface area (Å²) < 4.78 is 18.7. The molecule has 0 unspecified atom stereocenters. The number of piperidine rings is 1.